The molecule has 1 heterocycles. The van der Waals surface area contributed by atoms with Gasteiger partial charge in [0, 0.05) is 6.42 Å². The molecule has 0 saturated carbocycles. The highest BCUT2D eigenvalue weighted by Gasteiger charge is 2.44. The molecule has 1 aromatic heterocycles. The van der Waals surface area contributed by atoms with Crippen LogP contribution in [-0.4, -0.2) is 0 Å². The number of halogens is 2. The highest BCUT2D eigenvalue weighted by atomic mass is 32.1. The van der Waals surface area contributed by atoms with Gasteiger partial charge < -0.3 is 5.73 Å². The van der Waals surface area contributed by atoms with E-state index in [4.69, 9.17) is 11.0 Å². The first-order valence-corrected chi connectivity index (χ1v) is 6.40. The maximum atomic E-state index is 13.8. The van der Waals surface area contributed by atoms with Gasteiger partial charge >= 0.3 is 0 Å². The molecule has 0 aromatic carbocycles. The third-order valence-electron chi connectivity index (χ3n) is 3.36. The molecule has 0 saturated heterocycles. The second kappa shape index (κ2) is 4.85. The maximum Gasteiger partial charge on any atom is 0.282 e. The lowest BCUT2D eigenvalue weighted by molar-refractivity contribution is -0.0230. The fourth-order valence-electron chi connectivity index (χ4n) is 2.46. The van der Waals surface area contributed by atoms with Crippen molar-refractivity contribution in [2.24, 2.45) is 5.92 Å². The third kappa shape index (κ3) is 2.10. The van der Waals surface area contributed by atoms with E-state index in [-0.39, 0.29) is 41.1 Å². The Kier molecular flexibility index (Phi) is 4.02. The van der Waals surface area contributed by atoms with Gasteiger partial charge in [-0.2, -0.15) is 5.26 Å². The Labute approximate surface area is 110 Å². The van der Waals surface area contributed by atoms with Gasteiger partial charge in [-0.15, -0.1) is 11.3 Å². The summed E-state index contributed by atoms with van der Waals surface area (Å²) in [6.07, 6.45) is 0.274. The van der Waals surface area contributed by atoms with Crippen LogP contribution in [0.3, 0.4) is 0 Å². The third-order valence-corrected chi connectivity index (χ3v) is 4.51. The maximum absolute atomic E-state index is 13.8. The molecule has 1 atom stereocenters. The Morgan fingerprint density at radius 3 is 2.61 bits per heavy atom. The summed E-state index contributed by atoms with van der Waals surface area (Å²) >= 11 is 0.875. The number of hydrogen-bond acceptors (Lipinski definition) is 3. The average Bonchev–Trinajstić information content (AvgIpc) is 2.55. The summed E-state index contributed by atoms with van der Waals surface area (Å²) in [6, 6.07) is 1.98. The lowest BCUT2D eigenvalue weighted by Gasteiger charge is -2.31. The van der Waals surface area contributed by atoms with E-state index in [1.807, 2.05) is 19.9 Å². The van der Waals surface area contributed by atoms with E-state index >= 15 is 0 Å². The Morgan fingerprint density at radius 1 is 1.50 bits per heavy atom. The van der Waals surface area contributed by atoms with Crippen molar-refractivity contribution in [3.63, 3.8) is 0 Å². The van der Waals surface area contributed by atoms with Crippen molar-refractivity contribution in [3.8, 4) is 6.07 Å². The quantitative estimate of drug-likeness (QED) is 0.820. The normalized spacial score (nSPS) is 21.0. The molecule has 2 nitrogen and oxygen atoms in total. The monoisotopic (exact) mass is 272 g/mol. The van der Waals surface area contributed by atoms with Gasteiger partial charge in [-0.1, -0.05) is 21.3 Å². The van der Waals surface area contributed by atoms with Gasteiger partial charge in [0.1, 0.15) is 11.1 Å². The number of fused-ring (bicyclic) bond motifs is 1. The van der Waals surface area contributed by atoms with Crippen LogP contribution < -0.4 is 5.73 Å². The standard InChI is InChI=1S/C12H14F2N2S.CH4/c1-6(2)7-3-4-12(13,14)10-9(7)8(5-15)11(16)17-10;/h6-7H,3-4,16H2,1-2H3;1H4. The second-order valence-electron chi connectivity index (χ2n) is 4.79. The van der Waals surface area contributed by atoms with Crippen molar-refractivity contribution in [2.45, 2.75) is 46.0 Å². The molecular formula is C13H18F2N2S. The number of nitrogens with zero attached hydrogens (tertiary/aromatic N) is 1. The van der Waals surface area contributed by atoms with Crippen molar-refractivity contribution in [1.82, 2.24) is 0 Å². The zero-order chi connectivity index (χ0) is 12.8. The molecular weight excluding hydrogens is 254 g/mol. The highest BCUT2D eigenvalue weighted by molar-refractivity contribution is 7.16. The molecule has 0 radical (unpaired) electrons. The minimum Gasteiger partial charge on any atom is -0.389 e. The van der Waals surface area contributed by atoms with Crippen LogP contribution in [0.15, 0.2) is 0 Å². The van der Waals surface area contributed by atoms with Gasteiger partial charge in [0.15, 0.2) is 0 Å². The predicted octanol–water partition coefficient (Wildman–Crippen LogP) is 4.46. The van der Waals surface area contributed by atoms with Gasteiger partial charge in [-0.25, -0.2) is 8.78 Å². The number of rotatable bonds is 1. The van der Waals surface area contributed by atoms with Gasteiger partial charge in [-0.3, -0.25) is 0 Å². The molecule has 1 aliphatic rings. The molecule has 0 spiro atoms. The summed E-state index contributed by atoms with van der Waals surface area (Å²) in [6.45, 7) is 3.99. The Hall–Kier alpha value is -1.15. The minimum absolute atomic E-state index is 0. The van der Waals surface area contributed by atoms with Crippen LogP contribution in [0, 0.1) is 17.2 Å². The molecule has 1 aliphatic carbocycles. The molecule has 2 N–H and O–H groups in total. The van der Waals surface area contributed by atoms with Crippen molar-refractivity contribution in [1.29, 1.82) is 5.26 Å². The molecule has 100 valence electrons. The molecule has 0 bridgehead atoms. The molecule has 0 amide bonds. The summed E-state index contributed by atoms with van der Waals surface area (Å²) in [5.41, 5.74) is 6.45. The zero-order valence-corrected chi connectivity index (χ0v) is 10.6. The summed E-state index contributed by atoms with van der Waals surface area (Å²) in [5.74, 6) is -2.56. The van der Waals surface area contributed by atoms with E-state index in [2.05, 4.69) is 0 Å². The van der Waals surface area contributed by atoms with Crippen LogP contribution in [0.25, 0.3) is 0 Å². The molecule has 1 unspecified atom stereocenters. The predicted molar refractivity (Wildman–Crippen MR) is 70.9 cm³/mol. The van der Waals surface area contributed by atoms with E-state index in [0.29, 0.717) is 12.0 Å². The van der Waals surface area contributed by atoms with Crippen molar-refractivity contribution in [3.05, 3.63) is 16.0 Å². The van der Waals surface area contributed by atoms with Crippen LogP contribution in [0.5, 0.6) is 0 Å². The van der Waals surface area contributed by atoms with Crippen molar-refractivity contribution in [2.75, 3.05) is 5.73 Å². The first-order chi connectivity index (χ1) is 7.88. The Bertz CT molecular complexity index is 486. The van der Waals surface area contributed by atoms with E-state index in [1.54, 1.807) is 0 Å². The summed E-state index contributed by atoms with van der Waals surface area (Å²) in [4.78, 5) is 0.0106. The second-order valence-corrected chi connectivity index (χ2v) is 5.84. The fraction of sp³-hybridized carbons (Fsp3) is 0.615. The smallest absolute Gasteiger partial charge is 0.282 e. The number of hydrogen-bond donors (Lipinski definition) is 1. The summed E-state index contributed by atoms with van der Waals surface area (Å²) in [7, 11) is 0. The lowest BCUT2D eigenvalue weighted by atomic mass is 9.77. The number of alkyl halides is 2. The SMILES string of the molecule is C.CC(C)C1CCC(F)(F)c2sc(N)c(C#N)c21. The first-order valence-electron chi connectivity index (χ1n) is 5.59. The Morgan fingerprint density at radius 2 is 2.11 bits per heavy atom. The van der Waals surface area contributed by atoms with Crippen molar-refractivity contribution < 1.29 is 8.78 Å². The van der Waals surface area contributed by atoms with E-state index in [1.165, 1.54) is 0 Å². The number of nitriles is 1. The van der Waals surface area contributed by atoms with Crippen molar-refractivity contribution >= 4 is 16.3 Å². The number of nitrogen functional groups attached to an aromatic ring is 1. The van der Waals surface area contributed by atoms with Crippen LogP contribution in [0.4, 0.5) is 13.8 Å². The topological polar surface area (TPSA) is 49.8 Å². The van der Waals surface area contributed by atoms with Crippen LogP contribution in [-0.2, 0) is 5.92 Å². The molecule has 1 aromatic rings. The zero-order valence-electron chi connectivity index (χ0n) is 9.76. The average molecular weight is 272 g/mol. The van der Waals surface area contributed by atoms with E-state index in [9.17, 15) is 8.78 Å². The van der Waals surface area contributed by atoms with Crippen LogP contribution >= 0.6 is 11.3 Å². The minimum atomic E-state index is -2.82. The molecule has 0 fully saturated rings. The summed E-state index contributed by atoms with van der Waals surface area (Å²) in [5, 5.41) is 9.29. The largest absolute Gasteiger partial charge is 0.389 e. The van der Waals surface area contributed by atoms with Gasteiger partial charge in [-0.05, 0) is 23.8 Å². The molecule has 5 heteroatoms. The number of anilines is 1. The first kappa shape index (κ1) is 14.9. The Balaban J connectivity index is 0.00000162. The van der Waals surface area contributed by atoms with Crippen LogP contribution in [0.2, 0.25) is 0 Å². The number of nitrogens with two attached hydrogens (primary N) is 1. The van der Waals surface area contributed by atoms with Gasteiger partial charge in [0.2, 0.25) is 0 Å². The molecule has 18 heavy (non-hydrogen) atoms. The highest BCUT2D eigenvalue weighted by Crippen LogP contribution is 2.53. The fourth-order valence-corrected chi connectivity index (χ4v) is 3.56. The van der Waals surface area contributed by atoms with Gasteiger partial charge in [0.05, 0.1) is 10.4 Å². The van der Waals surface area contributed by atoms with Crippen LogP contribution in [0.1, 0.15) is 56.0 Å². The lowest BCUT2D eigenvalue weighted by Crippen LogP contribution is -2.24. The molecule has 0 aliphatic heterocycles. The molecule has 2 rings (SSSR count). The summed E-state index contributed by atoms with van der Waals surface area (Å²) < 4.78 is 27.6. The van der Waals surface area contributed by atoms with E-state index < -0.39 is 5.92 Å². The van der Waals surface area contributed by atoms with Gasteiger partial charge in [0.25, 0.3) is 5.92 Å². The van der Waals surface area contributed by atoms with E-state index in [0.717, 1.165) is 11.3 Å². The number of thiophene rings is 1.